The van der Waals surface area contributed by atoms with Crippen molar-refractivity contribution in [1.82, 2.24) is 10.1 Å². The fourth-order valence-electron chi connectivity index (χ4n) is 1.39. The highest BCUT2D eigenvalue weighted by molar-refractivity contribution is 9.10. The Hall–Kier alpha value is -1.24. The first kappa shape index (κ1) is 12.2. The Bertz CT molecular complexity index is 527. The van der Waals surface area contributed by atoms with E-state index in [0.29, 0.717) is 11.7 Å². The molecular weight excluding hydrogens is 286 g/mol. The standard InChI is InChI=1S/C11H12BrN3O2/c1-6-3-2-4-7(9(6)12)11-14-10(15-17-11)8(13)5-16/h2-4,8,16H,5,13H2,1H3. The van der Waals surface area contributed by atoms with Crippen LogP contribution < -0.4 is 5.73 Å². The molecule has 17 heavy (non-hydrogen) atoms. The van der Waals surface area contributed by atoms with Gasteiger partial charge in [0.25, 0.3) is 5.89 Å². The van der Waals surface area contributed by atoms with Gasteiger partial charge in [0.05, 0.1) is 18.2 Å². The number of aromatic nitrogens is 2. The van der Waals surface area contributed by atoms with Gasteiger partial charge >= 0.3 is 0 Å². The third-order valence-corrected chi connectivity index (χ3v) is 3.44. The van der Waals surface area contributed by atoms with Gasteiger partial charge in [-0.2, -0.15) is 4.98 Å². The number of hydrogen-bond donors (Lipinski definition) is 2. The Morgan fingerprint density at radius 3 is 3.00 bits per heavy atom. The van der Waals surface area contributed by atoms with Crippen molar-refractivity contribution in [3.63, 3.8) is 0 Å². The van der Waals surface area contributed by atoms with Crippen LogP contribution in [0.4, 0.5) is 0 Å². The summed E-state index contributed by atoms with van der Waals surface area (Å²) in [6, 6.07) is 5.14. The number of benzene rings is 1. The lowest BCUT2D eigenvalue weighted by atomic mass is 10.1. The van der Waals surface area contributed by atoms with Crippen molar-refractivity contribution in [2.75, 3.05) is 6.61 Å². The Balaban J connectivity index is 2.40. The lowest BCUT2D eigenvalue weighted by molar-refractivity contribution is 0.260. The fraction of sp³-hybridized carbons (Fsp3) is 0.273. The Kier molecular flexibility index (Phi) is 3.56. The van der Waals surface area contributed by atoms with Gasteiger partial charge in [0.1, 0.15) is 0 Å². The summed E-state index contributed by atoms with van der Waals surface area (Å²) >= 11 is 3.47. The first-order valence-electron chi connectivity index (χ1n) is 5.09. The van der Waals surface area contributed by atoms with Gasteiger partial charge in [-0.25, -0.2) is 0 Å². The van der Waals surface area contributed by atoms with E-state index in [9.17, 15) is 0 Å². The second kappa shape index (κ2) is 4.95. The zero-order valence-corrected chi connectivity index (χ0v) is 10.8. The molecule has 0 spiro atoms. The lowest BCUT2D eigenvalue weighted by Crippen LogP contribution is -2.15. The van der Waals surface area contributed by atoms with Crippen LogP contribution in [0.15, 0.2) is 27.2 Å². The molecule has 1 aromatic heterocycles. The van der Waals surface area contributed by atoms with Gasteiger partial charge in [-0.3, -0.25) is 0 Å². The van der Waals surface area contributed by atoms with Crippen LogP contribution in [0.25, 0.3) is 11.5 Å². The summed E-state index contributed by atoms with van der Waals surface area (Å²) in [6.07, 6.45) is 0. The summed E-state index contributed by atoms with van der Waals surface area (Å²) < 4.78 is 6.04. The zero-order chi connectivity index (χ0) is 12.4. The quantitative estimate of drug-likeness (QED) is 0.902. The fourth-order valence-corrected chi connectivity index (χ4v) is 1.82. The smallest absolute Gasteiger partial charge is 0.259 e. The monoisotopic (exact) mass is 297 g/mol. The van der Waals surface area contributed by atoms with E-state index in [4.69, 9.17) is 15.4 Å². The molecule has 0 saturated carbocycles. The first-order valence-corrected chi connectivity index (χ1v) is 5.88. The molecule has 2 rings (SSSR count). The molecule has 1 aromatic carbocycles. The van der Waals surface area contributed by atoms with Crippen LogP contribution in [-0.4, -0.2) is 21.9 Å². The molecule has 1 unspecified atom stereocenters. The zero-order valence-electron chi connectivity index (χ0n) is 9.22. The van der Waals surface area contributed by atoms with E-state index in [1.165, 1.54) is 0 Å². The average molecular weight is 298 g/mol. The number of nitrogens with two attached hydrogens (primary N) is 1. The number of halogens is 1. The summed E-state index contributed by atoms with van der Waals surface area (Å²) in [5.41, 5.74) is 7.50. The van der Waals surface area contributed by atoms with Crippen LogP contribution in [0.5, 0.6) is 0 Å². The van der Waals surface area contributed by atoms with E-state index in [1.807, 2.05) is 25.1 Å². The van der Waals surface area contributed by atoms with Crippen LogP contribution in [0, 0.1) is 6.92 Å². The molecule has 1 atom stereocenters. The van der Waals surface area contributed by atoms with E-state index in [2.05, 4.69) is 26.1 Å². The lowest BCUT2D eigenvalue weighted by Gasteiger charge is -2.02. The Morgan fingerprint density at radius 2 is 2.29 bits per heavy atom. The van der Waals surface area contributed by atoms with E-state index in [1.54, 1.807) is 0 Å². The van der Waals surface area contributed by atoms with Crippen LogP contribution in [0.2, 0.25) is 0 Å². The second-order valence-electron chi connectivity index (χ2n) is 3.68. The maximum atomic E-state index is 8.91. The number of aryl methyl sites for hydroxylation is 1. The van der Waals surface area contributed by atoms with Crippen molar-refractivity contribution in [2.45, 2.75) is 13.0 Å². The van der Waals surface area contributed by atoms with Gasteiger partial charge in [0.2, 0.25) is 0 Å². The van der Waals surface area contributed by atoms with Crippen molar-refractivity contribution in [3.8, 4) is 11.5 Å². The SMILES string of the molecule is Cc1cccc(-c2nc(C(N)CO)no2)c1Br. The molecule has 5 nitrogen and oxygen atoms in total. The highest BCUT2D eigenvalue weighted by atomic mass is 79.9. The van der Waals surface area contributed by atoms with Crippen LogP contribution in [0.1, 0.15) is 17.4 Å². The van der Waals surface area contributed by atoms with Crippen LogP contribution >= 0.6 is 15.9 Å². The van der Waals surface area contributed by atoms with Crippen LogP contribution in [-0.2, 0) is 0 Å². The summed E-state index contributed by atoms with van der Waals surface area (Å²) in [4.78, 5) is 4.16. The minimum absolute atomic E-state index is 0.214. The summed E-state index contributed by atoms with van der Waals surface area (Å²) in [7, 11) is 0. The average Bonchev–Trinajstić information content (AvgIpc) is 2.81. The van der Waals surface area contributed by atoms with Gasteiger partial charge in [0.15, 0.2) is 5.82 Å². The van der Waals surface area contributed by atoms with Crippen molar-refractivity contribution < 1.29 is 9.63 Å². The van der Waals surface area contributed by atoms with Gasteiger partial charge in [-0.1, -0.05) is 17.3 Å². The highest BCUT2D eigenvalue weighted by Gasteiger charge is 2.16. The molecular formula is C11H12BrN3O2. The minimum atomic E-state index is -0.615. The number of hydrogen-bond acceptors (Lipinski definition) is 5. The minimum Gasteiger partial charge on any atom is -0.394 e. The predicted molar refractivity (Wildman–Crippen MR) is 66.2 cm³/mol. The molecule has 3 N–H and O–H groups in total. The maximum absolute atomic E-state index is 8.91. The number of aliphatic hydroxyl groups excluding tert-OH is 1. The Labute approximate surface area is 107 Å². The molecule has 0 radical (unpaired) electrons. The molecule has 1 heterocycles. The van der Waals surface area contributed by atoms with Gasteiger partial charge in [-0.15, -0.1) is 0 Å². The third-order valence-electron chi connectivity index (χ3n) is 2.39. The number of nitrogens with zero attached hydrogens (tertiary/aromatic N) is 2. The Morgan fingerprint density at radius 1 is 1.53 bits per heavy atom. The maximum Gasteiger partial charge on any atom is 0.259 e. The third kappa shape index (κ3) is 2.38. The summed E-state index contributed by atoms with van der Waals surface area (Å²) in [5, 5.41) is 12.7. The first-order chi connectivity index (χ1) is 8.13. The van der Waals surface area contributed by atoms with Crippen molar-refractivity contribution >= 4 is 15.9 Å². The normalized spacial score (nSPS) is 12.7. The van der Waals surface area contributed by atoms with E-state index < -0.39 is 6.04 Å². The molecule has 6 heteroatoms. The molecule has 2 aromatic rings. The van der Waals surface area contributed by atoms with Crippen LogP contribution in [0.3, 0.4) is 0 Å². The second-order valence-corrected chi connectivity index (χ2v) is 4.48. The highest BCUT2D eigenvalue weighted by Crippen LogP contribution is 2.29. The van der Waals surface area contributed by atoms with Crippen molar-refractivity contribution in [2.24, 2.45) is 5.73 Å². The van der Waals surface area contributed by atoms with Gasteiger partial charge < -0.3 is 15.4 Å². The molecule has 90 valence electrons. The number of rotatable bonds is 3. The largest absolute Gasteiger partial charge is 0.394 e. The number of aliphatic hydroxyl groups is 1. The molecule has 0 aliphatic rings. The van der Waals surface area contributed by atoms with Gasteiger partial charge in [-0.05, 0) is 34.5 Å². The van der Waals surface area contributed by atoms with E-state index in [0.717, 1.165) is 15.6 Å². The topological polar surface area (TPSA) is 85.2 Å². The summed E-state index contributed by atoms with van der Waals surface area (Å²) in [6.45, 7) is 1.76. The van der Waals surface area contributed by atoms with Gasteiger partial charge in [0, 0.05) is 4.47 Å². The predicted octanol–water partition coefficient (Wildman–Crippen LogP) is 1.80. The van der Waals surface area contributed by atoms with E-state index >= 15 is 0 Å². The molecule has 0 fully saturated rings. The van der Waals surface area contributed by atoms with E-state index in [-0.39, 0.29) is 6.61 Å². The molecule has 0 bridgehead atoms. The molecule has 0 aliphatic carbocycles. The summed E-state index contributed by atoms with van der Waals surface area (Å²) in [5.74, 6) is 0.690. The molecule has 0 amide bonds. The molecule has 0 saturated heterocycles. The molecule has 0 aliphatic heterocycles. The van der Waals surface area contributed by atoms with Crippen molar-refractivity contribution in [3.05, 3.63) is 34.1 Å². The van der Waals surface area contributed by atoms with Crippen molar-refractivity contribution in [1.29, 1.82) is 0 Å².